The van der Waals surface area contributed by atoms with Gasteiger partial charge in [-0.05, 0) is 11.6 Å². The minimum Gasteiger partial charge on any atom is -0.354 e. The molecule has 21 heavy (non-hydrogen) atoms. The Labute approximate surface area is 118 Å². The van der Waals surface area contributed by atoms with Crippen molar-refractivity contribution in [1.29, 1.82) is 0 Å². The van der Waals surface area contributed by atoms with Crippen LogP contribution in [-0.4, -0.2) is 14.8 Å². The molecule has 0 fully saturated rings. The summed E-state index contributed by atoms with van der Waals surface area (Å²) in [6.07, 6.45) is 0. The minimum atomic E-state index is -0.643. The number of nitrogens with one attached hydrogen (secondary N) is 1. The number of nitro benzene ring substituents is 2. The van der Waals surface area contributed by atoms with E-state index in [2.05, 4.69) is 4.98 Å². The second-order valence-electron chi connectivity index (χ2n) is 4.49. The Morgan fingerprint density at radius 2 is 1.62 bits per heavy atom. The van der Waals surface area contributed by atoms with Gasteiger partial charge in [-0.15, -0.1) is 0 Å². The molecule has 7 nitrogen and oxygen atoms in total. The Hall–Kier alpha value is -3.22. The lowest BCUT2D eigenvalue weighted by Gasteiger charge is -1.95. The number of fused-ring (bicyclic) bond motifs is 1. The Bertz CT molecular complexity index is 855. The second-order valence-corrected chi connectivity index (χ2v) is 4.49. The zero-order chi connectivity index (χ0) is 15.0. The summed E-state index contributed by atoms with van der Waals surface area (Å²) in [6.45, 7) is 0. The Kier molecular flexibility index (Phi) is 2.87. The van der Waals surface area contributed by atoms with Gasteiger partial charge < -0.3 is 4.98 Å². The molecule has 0 radical (unpaired) electrons. The standard InChI is InChI=1S/C14H9N3O4/c18-16(19)10-6-13-11(14(7-10)17(20)21)8-12(15-13)9-4-2-1-3-5-9/h1-8,15H. The first kappa shape index (κ1) is 12.8. The molecule has 7 heteroatoms. The van der Waals surface area contributed by atoms with Crippen LogP contribution >= 0.6 is 0 Å². The van der Waals surface area contributed by atoms with Gasteiger partial charge in [0.1, 0.15) is 0 Å². The molecule has 0 aliphatic carbocycles. The molecule has 0 amide bonds. The number of H-pyrrole nitrogens is 1. The number of aromatic amines is 1. The molecule has 0 saturated carbocycles. The number of nitrogens with zero attached hydrogens (tertiary/aromatic N) is 2. The number of hydrogen-bond acceptors (Lipinski definition) is 4. The molecule has 0 aliphatic rings. The molecule has 3 aromatic rings. The molecule has 0 aliphatic heterocycles. The van der Waals surface area contributed by atoms with Crippen LogP contribution in [0.4, 0.5) is 11.4 Å². The van der Waals surface area contributed by atoms with Gasteiger partial charge in [0.15, 0.2) is 0 Å². The molecule has 0 bridgehead atoms. The second kappa shape index (κ2) is 4.71. The molecule has 1 aromatic heterocycles. The first-order valence-corrected chi connectivity index (χ1v) is 6.07. The maximum Gasteiger partial charge on any atom is 0.285 e. The van der Waals surface area contributed by atoms with Crippen molar-refractivity contribution in [3.63, 3.8) is 0 Å². The van der Waals surface area contributed by atoms with Crippen molar-refractivity contribution in [2.75, 3.05) is 0 Å². The van der Waals surface area contributed by atoms with E-state index in [4.69, 9.17) is 0 Å². The van der Waals surface area contributed by atoms with Crippen molar-refractivity contribution in [2.45, 2.75) is 0 Å². The Morgan fingerprint density at radius 3 is 2.24 bits per heavy atom. The van der Waals surface area contributed by atoms with E-state index >= 15 is 0 Å². The van der Waals surface area contributed by atoms with E-state index in [0.717, 1.165) is 11.6 Å². The van der Waals surface area contributed by atoms with E-state index in [1.165, 1.54) is 6.07 Å². The highest BCUT2D eigenvalue weighted by Gasteiger charge is 2.21. The third-order valence-corrected chi connectivity index (χ3v) is 3.19. The van der Waals surface area contributed by atoms with E-state index in [-0.39, 0.29) is 11.4 Å². The van der Waals surface area contributed by atoms with Gasteiger partial charge in [0, 0.05) is 11.8 Å². The molecule has 0 spiro atoms. The first-order chi connectivity index (χ1) is 10.1. The summed E-state index contributed by atoms with van der Waals surface area (Å²) in [7, 11) is 0. The highest BCUT2D eigenvalue weighted by Crippen LogP contribution is 2.34. The lowest BCUT2D eigenvalue weighted by molar-refractivity contribution is -0.393. The van der Waals surface area contributed by atoms with Gasteiger partial charge in [-0.3, -0.25) is 20.2 Å². The van der Waals surface area contributed by atoms with Crippen molar-refractivity contribution in [3.8, 4) is 11.3 Å². The summed E-state index contributed by atoms with van der Waals surface area (Å²) in [5.41, 5.74) is 1.31. The highest BCUT2D eigenvalue weighted by molar-refractivity contribution is 5.94. The molecule has 1 N–H and O–H groups in total. The molecule has 0 saturated heterocycles. The van der Waals surface area contributed by atoms with Crippen molar-refractivity contribution < 1.29 is 9.85 Å². The maximum absolute atomic E-state index is 11.1. The predicted molar refractivity (Wildman–Crippen MR) is 77.0 cm³/mol. The van der Waals surface area contributed by atoms with Crippen LogP contribution in [0.2, 0.25) is 0 Å². The monoisotopic (exact) mass is 283 g/mol. The average molecular weight is 283 g/mol. The van der Waals surface area contributed by atoms with Crippen molar-refractivity contribution >= 4 is 22.3 Å². The quantitative estimate of drug-likeness (QED) is 0.585. The third kappa shape index (κ3) is 2.20. The van der Waals surface area contributed by atoms with Gasteiger partial charge in [0.25, 0.3) is 11.4 Å². The first-order valence-electron chi connectivity index (χ1n) is 6.07. The van der Waals surface area contributed by atoms with Crippen LogP contribution in [0.5, 0.6) is 0 Å². The SMILES string of the molecule is O=[N+]([O-])c1cc([N+](=O)[O-])c2cc(-c3ccccc3)[nH]c2c1. The predicted octanol–water partition coefficient (Wildman–Crippen LogP) is 3.65. The summed E-state index contributed by atoms with van der Waals surface area (Å²) in [5, 5.41) is 22.3. The highest BCUT2D eigenvalue weighted by atomic mass is 16.6. The molecule has 0 unspecified atom stereocenters. The van der Waals surface area contributed by atoms with Gasteiger partial charge in [-0.2, -0.15) is 0 Å². The van der Waals surface area contributed by atoms with Gasteiger partial charge in [-0.25, -0.2) is 0 Å². The number of hydrogen-bond donors (Lipinski definition) is 1. The fraction of sp³-hybridized carbons (Fsp3) is 0. The number of nitro groups is 2. The fourth-order valence-electron chi connectivity index (χ4n) is 2.23. The van der Waals surface area contributed by atoms with Crippen molar-refractivity contribution in [3.05, 3.63) is 68.8 Å². The Balaban J connectivity index is 2.27. The summed E-state index contributed by atoms with van der Waals surface area (Å²) >= 11 is 0. The third-order valence-electron chi connectivity index (χ3n) is 3.19. The van der Waals surface area contributed by atoms with Crippen LogP contribution in [0.1, 0.15) is 0 Å². The van der Waals surface area contributed by atoms with Crippen molar-refractivity contribution in [1.82, 2.24) is 4.98 Å². The normalized spacial score (nSPS) is 10.7. The van der Waals surface area contributed by atoms with E-state index < -0.39 is 9.85 Å². The molecule has 2 aromatic carbocycles. The van der Waals surface area contributed by atoms with Crippen LogP contribution in [-0.2, 0) is 0 Å². The lowest BCUT2D eigenvalue weighted by atomic mass is 10.1. The fourth-order valence-corrected chi connectivity index (χ4v) is 2.23. The number of aromatic nitrogens is 1. The van der Waals surface area contributed by atoms with Gasteiger partial charge >= 0.3 is 0 Å². The van der Waals surface area contributed by atoms with Crippen LogP contribution in [0.3, 0.4) is 0 Å². The van der Waals surface area contributed by atoms with E-state index in [0.29, 0.717) is 16.6 Å². The molecular formula is C14H9N3O4. The Morgan fingerprint density at radius 1 is 0.905 bits per heavy atom. The molecule has 1 heterocycles. The van der Waals surface area contributed by atoms with Crippen molar-refractivity contribution in [2.24, 2.45) is 0 Å². The van der Waals surface area contributed by atoms with E-state index in [1.807, 2.05) is 30.3 Å². The van der Waals surface area contributed by atoms with Gasteiger partial charge in [0.2, 0.25) is 0 Å². The van der Waals surface area contributed by atoms with E-state index in [9.17, 15) is 20.2 Å². The van der Waals surface area contributed by atoms with Gasteiger partial charge in [0.05, 0.1) is 26.8 Å². The lowest BCUT2D eigenvalue weighted by Crippen LogP contribution is -1.93. The van der Waals surface area contributed by atoms with Crippen LogP contribution in [0.15, 0.2) is 48.5 Å². The minimum absolute atomic E-state index is 0.280. The van der Waals surface area contributed by atoms with E-state index in [1.54, 1.807) is 6.07 Å². The molecule has 3 rings (SSSR count). The summed E-state index contributed by atoms with van der Waals surface area (Å²) in [4.78, 5) is 23.7. The summed E-state index contributed by atoms with van der Waals surface area (Å²) in [6, 6.07) is 13.2. The molecular weight excluding hydrogens is 274 g/mol. The smallest absolute Gasteiger partial charge is 0.285 e. The largest absolute Gasteiger partial charge is 0.354 e. The number of non-ortho nitro benzene ring substituents is 2. The number of benzene rings is 2. The maximum atomic E-state index is 11.1. The molecule has 104 valence electrons. The zero-order valence-electron chi connectivity index (χ0n) is 10.6. The number of rotatable bonds is 3. The topological polar surface area (TPSA) is 102 Å². The van der Waals surface area contributed by atoms with Crippen LogP contribution in [0.25, 0.3) is 22.2 Å². The zero-order valence-corrected chi connectivity index (χ0v) is 10.6. The van der Waals surface area contributed by atoms with Crippen LogP contribution < -0.4 is 0 Å². The summed E-state index contributed by atoms with van der Waals surface area (Å²) in [5.74, 6) is 0. The van der Waals surface area contributed by atoms with Crippen LogP contribution in [0, 0.1) is 20.2 Å². The molecule has 0 atom stereocenters. The van der Waals surface area contributed by atoms with Gasteiger partial charge in [-0.1, -0.05) is 30.3 Å². The summed E-state index contributed by atoms with van der Waals surface area (Å²) < 4.78 is 0. The average Bonchev–Trinajstić information content (AvgIpc) is 2.90.